The highest BCUT2D eigenvalue weighted by atomic mass is 35.5. The van der Waals surface area contributed by atoms with Crippen LogP contribution in [0.4, 0.5) is 32.0 Å². The molecule has 0 aromatic heterocycles. The summed E-state index contributed by atoms with van der Waals surface area (Å²) in [6.45, 7) is -0.164. The lowest BCUT2D eigenvalue weighted by Gasteiger charge is -2.33. The fraction of sp³-hybridized carbons (Fsp3) is 0.333. The zero-order valence-electron chi connectivity index (χ0n) is 15.1. The highest BCUT2D eigenvalue weighted by molar-refractivity contribution is 7.92. The van der Waals surface area contributed by atoms with Crippen LogP contribution in [0.25, 0.3) is 0 Å². The Morgan fingerprint density at radius 1 is 0.867 bits per heavy atom. The summed E-state index contributed by atoms with van der Waals surface area (Å²) in [5, 5.41) is 9.47. The Morgan fingerprint density at radius 2 is 1.37 bits per heavy atom. The van der Waals surface area contributed by atoms with E-state index in [4.69, 9.17) is 11.6 Å². The predicted molar refractivity (Wildman–Crippen MR) is 98.8 cm³/mol. The van der Waals surface area contributed by atoms with Crippen LogP contribution < -0.4 is 4.31 Å². The SMILES string of the molecule is O=S(=O)(c1ccccc1)N(CCCCl)c1ccc(C(O)(C(F)(F)F)C(F)(F)F)cc1. The first-order chi connectivity index (χ1) is 13.8. The van der Waals surface area contributed by atoms with Gasteiger partial charge in [-0.1, -0.05) is 30.3 Å². The Morgan fingerprint density at radius 3 is 1.80 bits per heavy atom. The van der Waals surface area contributed by atoms with Crippen LogP contribution in [-0.4, -0.2) is 38.3 Å². The van der Waals surface area contributed by atoms with E-state index >= 15 is 0 Å². The average Bonchev–Trinajstić information content (AvgIpc) is 2.67. The molecule has 0 fully saturated rings. The molecule has 0 heterocycles. The lowest BCUT2D eigenvalue weighted by atomic mass is 9.92. The van der Waals surface area contributed by atoms with Gasteiger partial charge in [-0.05, 0) is 30.7 Å². The van der Waals surface area contributed by atoms with Gasteiger partial charge in [0.05, 0.1) is 10.6 Å². The first kappa shape index (κ1) is 24.3. The summed E-state index contributed by atoms with van der Waals surface area (Å²) in [6, 6.07) is 9.41. The maximum Gasteiger partial charge on any atom is 0.430 e. The van der Waals surface area contributed by atoms with Crippen LogP contribution in [0.2, 0.25) is 0 Å². The summed E-state index contributed by atoms with van der Waals surface area (Å²) in [5.74, 6) is 0.0702. The second-order valence-electron chi connectivity index (χ2n) is 6.19. The minimum atomic E-state index is -6.04. The fourth-order valence-electron chi connectivity index (χ4n) is 2.67. The lowest BCUT2D eigenvalue weighted by molar-refractivity contribution is -0.376. The lowest BCUT2D eigenvalue weighted by Crippen LogP contribution is -2.53. The molecule has 0 spiro atoms. The van der Waals surface area contributed by atoms with Gasteiger partial charge in [-0.2, -0.15) is 26.3 Å². The zero-order chi connectivity index (χ0) is 22.8. The Balaban J connectivity index is 2.53. The van der Waals surface area contributed by atoms with Crippen molar-refractivity contribution in [2.24, 2.45) is 0 Å². The van der Waals surface area contributed by atoms with Crippen LogP contribution in [0.15, 0.2) is 59.5 Å². The number of benzene rings is 2. The molecule has 2 rings (SSSR count). The molecular weight excluding hydrogens is 460 g/mol. The number of hydrogen-bond donors (Lipinski definition) is 1. The normalized spacial score (nSPS) is 13.3. The summed E-state index contributed by atoms with van der Waals surface area (Å²) in [7, 11) is -4.16. The van der Waals surface area contributed by atoms with Gasteiger partial charge < -0.3 is 5.11 Å². The van der Waals surface area contributed by atoms with Gasteiger partial charge in [0.2, 0.25) is 0 Å². The van der Waals surface area contributed by atoms with Crippen LogP contribution in [0.1, 0.15) is 12.0 Å². The summed E-state index contributed by atoms with van der Waals surface area (Å²) in [6.07, 6.45) is -11.9. The molecule has 0 saturated heterocycles. The fourth-order valence-corrected chi connectivity index (χ4v) is 4.31. The summed E-state index contributed by atoms with van der Waals surface area (Å²) in [4.78, 5) is -0.120. The number of sulfonamides is 1. The minimum Gasteiger partial charge on any atom is -0.369 e. The van der Waals surface area contributed by atoms with Crippen molar-refractivity contribution >= 4 is 27.3 Å². The van der Waals surface area contributed by atoms with E-state index in [-0.39, 0.29) is 29.4 Å². The molecule has 1 N–H and O–H groups in total. The topological polar surface area (TPSA) is 57.6 Å². The van der Waals surface area contributed by atoms with Crippen molar-refractivity contribution in [1.82, 2.24) is 0 Å². The van der Waals surface area contributed by atoms with E-state index < -0.39 is 33.5 Å². The van der Waals surface area contributed by atoms with E-state index in [1.54, 1.807) is 6.07 Å². The van der Waals surface area contributed by atoms with Crippen LogP contribution in [-0.2, 0) is 15.6 Å². The molecule has 2 aromatic carbocycles. The summed E-state index contributed by atoms with van der Waals surface area (Å²) < 4.78 is 105. The maximum atomic E-state index is 13.0. The quantitative estimate of drug-likeness (QED) is 0.461. The van der Waals surface area contributed by atoms with Crippen LogP contribution in [0.3, 0.4) is 0 Å². The van der Waals surface area contributed by atoms with E-state index in [0.29, 0.717) is 12.1 Å². The second kappa shape index (κ2) is 8.64. The van der Waals surface area contributed by atoms with E-state index in [1.807, 2.05) is 0 Å². The van der Waals surface area contributed by atoms with Gasteiger partial charge in [0.15, 0.2) is 0 Å². The van der Waals surface area contributed by atoms with Crippen molar-refractivity contribution in [3.63, 3.8) is 0 Å². The largest absolute Gasteiger partial charge is 0.430 e. The molecule has 0 unspecified atom stereocenters. The molecule has 2 aromatic rings. The van der Waals surface area contributed by atoms with Gasteiger partial charge in [-0.25, -0.2) is 8.42 Å². The van der Waals surface area contributed by atoms with Crippen molar-refractivity contribution in [2.75, 3.05) is 16.7 Å². The molecule has 0 aliphatic carbocycles. The molecule has 0 amide bonds. The molecule has 0 radical (unpaired) electrons. The molecule has 166 valence electrons. The van der Waals surface area contributed by atoms with Gasteiger partial charge in [-0.15, -0.1) is 11.6 Å². The van der Waals surface area contributed by atoms with Crippen molar-refractivity contribution < 1.29 is 39.9 Å². The molecule has 0 saturated carbocycles. The minimum absolute atomic E-state index is 0.0702. The van der Waals surface area contributed by atoms with E-state index in [2.05, 4.69) is 0 Å². The Labute approximate surface area is 173 Å². The summed E-state index contributed by atoms with van der Waals surface area (Å²) >= 11 is 5.61. The van der Waals surface area contributed by atoms with Gasteiger partial charge >= 0.3 is 12.4 Å². The number of aliphatic hydroxyl groups is 1. The number of halogens is 7. The Bertz CT molecular complexity index is 933. The molecule has 0 aliphatic rings. The van der Waals surface area contributed by atoms with Gasteiger partial charge in [-0.3, -0.25) is 4.31 Å². The highest BCUT2D eigenvalue weighted by Crippen LogP contribution is 2.50. The number of hydrogen-bond acceptors (Lipinski definition) is 3. The molecular formula is C18H16ClF6NO3S. The Kier molecular flexibility index (Phi) is 6.99. The Hall–Kier alpha value is -1.98. The van der Waals surface area contributed by atoms with Crippen LogP contribution >= 0.6 is 11.6 Å². The van der Waals surface area contributed by atoms with Crippen molar-refractivity contribution in [1.29, 1.82) is 0 Å². The zero-order valence-corrected chi connectivity index (χ0v) is 16.7. The summed E-state index contributed by atoms with van der Waals surface area (Å²) in [5.41, 5.74) is -6.77. The average molecular weight is 476 g/mol. The van der Waals surface area contributed by atoms with Gasteiger partial charge in [0.1, 0.15) is 0 Å². The molecule has 30 heavy (non-hydrogen) atoms. The van der Waals surface area contributed by atoms with Crippen LogP contribution in [0, 0.1) is 0 Å². The molecule has 0 bridgehead atoms. The molecule has 0 aliphatic heterocycles. The monoisotopic (exact) mass is 475 g/mol. The molecule has 0 atom stereocenters. The third kappa shape index (κ3) is 4.52. The predicted octanol–water partition coefficient (Wildman–Crippen LogP) is 4.82. The number of nitrogens with zero attached hydrogens (tertiary/aromatic N) is 1. The van der Waals surface area contributed by atoms with E-state index in [9.17, 15) is 39.9 Å². The van der Waals surface area contributed by atoms with Crippen LogP contribution in [0.5, 0.6) is 0 Å². The smallest absolute Gasteiger partial charge is 0.369 e. The standard InChI is InChI=1S/C18H16ClF6NO3S/c19-11-4-12-26(30(28,29)15-5-2-1-3-6-15)14-9-7-13(8-10-14)16(27,17(20,21)22)18(23,24)25/h1-3,5-10,27H,4,11-12H2. The van der Waals surface area contributed by atoms with Crippen molar-refractivity contribution in [2.45, 2.75) is 29.3 Å². The third-order valence-electron chi connectivity index (χ3n) is 4.22. The van der Waals surface area contributed by atoms with E-state index in [1.165, 1.54) is 24.3 Å². The van der Waals surface area contributed by atoms with Crippen molar-refractivity contribution in [3.8, 4) is 0 Å². The second-order valence-corrected chi connectivity index (χ2v) is 8.43. The van der Waals surface area contributed by atoms with E-state index in [0.717, 1.165) is 16.4 Å². The first-order valence-corrected chi connectivity index (χ1v) is 10.3. The number of alkyl halides is 7. The molecule has 12 heteroatoms. The van der Waals surface area contributed by atoms with Gasteiger partial charge in [0.25, 0.3) is 15.6 Å². The maximum absolute atomic E-state index is 13.0. The molecule has 4 nitrogen and oxygen atoms in total. The first-order valence-electron chi connectivity index (χ1n) is 8.37. The highest BCUT2D eigenvalue weighted by Gasteiger charge is 2.71. The number of rotatable bonds is 7. The third-order valence-corrected chi connectivity index (χ3v) is 6.33. The number of anilines is 1. The van der Waals surface area contributed by atoms with Crippen molar-refractivity contribution in [3.05, 3.63) is 60.2 Å². The van der Waals surface area contributed by atoms with Gasteiger partial charge in [0, 0.05) is 18.0 Å².